The molecule has 0 bridgehead atoms. The molecular formula is C13H19F3N2O2S. The number of halogens is 3. The van der Waals surface area contributed by atoms with Crippen LogP contribution in [0.15, 0.2) is 23.1 Å². The summed E-state index contributed by atoms with van der Waals surface area (Å²) in [5, 5.41) is 3.08. The van der Waals surface area contributed by atoms with Crippen LogP contribution >= 0.6 is 0 Å². The van der Waals surface area contributed by atoms with Crippen molar-refractivity contribution in [3.63, 3.8) is 0 Å². The van der Waals surface area contributed by atoms with Crippen LogP contribution in [-0.2, 0) is 16.6 Å². The highest BCUT2D eigenvalue weighted by Gasteiger charge is 2.27. The maximum atomic E-state index is 12.0. The smallest absolute Gasteiger partial charge is 0.313 e. The van der Waals surface area contributed by atoms with Crippen molar-refractivity contribution in [1.29, 1.82) is 0 Å². The normalized spacial score (nSPS) is 12.6. The highest BCUT2D eigenvalue weighted by molar-refractivity contribution is 7.89. The fraction of sp³-hybridized carbons (Fsp3) is 0.538. The van der Waals surface area contributed by atoms with Crippen LogP contribution in [0, 0.1) is 6.92 Å². The molecule has 1 aromatic rings. The molecule has 0 aliphatic rings. The fourth-order valence-electron chi connectivity index (χ4n) is 1.68. The van der Waals surface area contributed by atoms with E-state index in [9.17, 15) is 21.6 Å². The van der Waals surface area contributed by atoms with Crippen molar-refractivity contribution < 1.29 is 21.6 Å². The van der Waals surface area contributed by atoms with Crippen molar-refractivity contribution in [2.75, 3.05) is 13.1 Å². The molecular weight excluding hydrogens is 305 g/mol. The Morgan fingerprint density at radius 2 is 1.90 bits per heavy atom. The number of alkyl halides is 3. The Kier molecular flexibility index (Phi) is 6.18. The van der Waals surface area contributed by atoms with E-state index in [0.717, 1.165) is 17.7 Å². The van der Waals surface area contributed by atoms with Crippen molar-refractivity contribution in [2.45, 2.75) is 37.9 Å². The van der Waals surface area contributed by atoms with E-state index in [4.69, 9.17) is 0 Å². The first-order chi connectivity index (χ1) is 9.65. The van der Waals surface area contributed by atoms with Gasteiger partial charge in [0.2, 0.25) is 10.0 Å². The zero-order valence-corrected chi connectivity index (χ0v) is 12.7. The molecule has 1 aromatic carbocycles. The summed E-state index contributed by atoms with van der Waals surface area (Å²) in [6, 6.07) is 4.51. The summed E-state index contributed by atoms with van der Waals surface area (Å²) in [6.07, 6.45) is -5.58. The predicted octanol–water partition coefficient (Wildman–Crippen LogP) is 2.34. The largest absolute Gasteiger partial charge is 0.390 e. The molecule has 120 valence electrons. The van der Waals surface area contributed by atoms with Gasteiger partial charge in [0.25, 0.3) is 0 Å². The Labute approximate surface area is 122 Å². The number of hydrogen-bond acceptors (Lipinski definition) is 3. The standard InChI is InChI=1S/C13H19F3N2O2S/c1-3-17-9-11-8-12(5-4-10(11)2)21(19,20)18-7-6-13(14,15)16/h4-5,8,17-18H,3,6-7,9H2,1-2H3. The molecule has 0 unspecified atom stereocenters. The summed E-state index contributed by atoms with van der Waals surface area (Å²) >= 11 is 0. The summed E-state index contributed by atoms with van der Waals surface area (Å²) in [7, 11) is -3.92. The van der Waals surface area contributed by atoms with Crippen LogP contribution in [0.5, 0.6) is 0 Å². The third-order valence-electron chi connectivity index (χ3n) is 2.90. The molecule has 0 amide bonds. The van der Waals surface area contributed by atoms with Gasteiger partial charge in [-0.3, -0.25) is 0 Å². The van der Waals surface area contributed by atoms with E-state index >= 15 is 0 Å². The summed E-state index contributed by atoms with van der Waals surface area (Å²) in [6.45, 7) is 4.35. The molecule has 0 saturated heterocycles. The van der Waals surface area contributed by atoms with E-state index in [-0.39, 0.29) is 4.90 Å². The van der Waals surface area contributed by atoms with Gasteiger partial charge in [-0.05, 0) is 36.7 Å². The predicted molar refractivity (Wildman–Crippen MR) is 74.4 cm³/mol. The lowest BCUT2D eigenvalue weighted by atomic mass is 10.1. The number of sulfonamides is 1. The number of rotatable bonds is 7. The van der Waals surface area contributed by atoms with Crippen LogP contribution in [0.3, 0.4) is 0 Å². The maximum Gasteiger partial charge on any atom is 0.390 e. The topological polar surface area (TPSA) is 58.2 Å². The molecule has 0 spiro atoms. The molecule has 21 heavy (non-hydrogen) atoms. The van der Waals surface area contributed by atoms with Gasteiger partial charge in [-0.25, -0.2) is 13.1 Å². The van der Waals surface area contributed by atoms with Gasteiger partial charge >= 0.3 is 6.18 Å². The van der Waals surface area contributed by atoms with Crippen molar-refractivity contribution in [3.8, 4) is 0 Å². The van der Waals surface area contributed by atoms with Gasteiger partial charge in [0.05, 0.1) is 11.3 Å². The molecule has 1 rings (SSSR count). The second-order valence-electron chi connectivity index (χ2n) is 4.63. The van der Waals surface area contributed by atoms with E-state index < -0.39 is 29.2 Å². The van der Waals surface area contributed by atoms with Crippen LogP contribution < -0.4 is 10.0 Å². The van der Waals surface area contributed by atoms with Gasteiger partial charge in [-0.2, -0.15) is 13.2 Å². The summed E-state index contributed by atoms with van der Waals surface area (Å²) in [4.78, 5) is -0.0248. The summed E-state index contributed by atoms with van der Waals surface area (Å²) < 4.78 is 62.0. The van der Waals surface area contributed by atoms with E-state index in [1.54, 1.807) is 6.07 Å². The van der Waals surface area contributed by atoms with E-state index in [0.29, 0.717) is 6.54 Å². The van der Waals surface area contributed by atoms with E-state index in [2.05, 4.69) is 5.32 Å². The lowest BCUT2D eigenvalue weighted by Gasteiger charge is -2.12. The first-order valence-electron chi connectivity index (χ1n) is 6.52. The van der Waals surface area contributed by atoms with Crippen molar-refractivity contribution in [2.24, 2.45) is 0 Å². The molecule has 0 aliphatic heterocycles. The molecule has 2 N–H and O–H groups in total. The maximum absolute atomic E-state index is 12.0. The Bertz CT molecular complexity index is 571. The van der Waals surface area contributed by atoms with Crippen molar-refractivity contribution >= 4 is 10.0 Å². The highest BCUT2D eigenvalue weighted by Crippen LogP contribution is 2.19. The number of aryl methyl sites for hydroxylation is 1. The first-order valence-corrected chi connectivity index (χ1v) is 8.00. The monoisotopic (exact) mass is 324 g/mol. The molecule has 8 heteroatoms. The number of benzene rings is 1. The lowest BCUT2D eigenvalue weighted by molar-refractivity contribution is -0.132. The molecule has 0 heterocycles. The second-order valence-corrected chi connectivity index (χ2v) is 6.40. The third kappa shape index (κ3) is 6.03. The van der Waals surface area contributed by atoms with Crippen LogP contribution in [0.2, 0.25) is 0 Å². The van der Waals surface area contributed by atoms with Crippen molar-refractivity contribution in [3.05, 3.63) is 29.3 Å². The molecule has 0 aromatic heterocycles. The summed E-state index contributed by atoms with van der Waals surface area (Å²) in [5.41, 5.74) is 1.72. The zero-order chi connectivity index (χ0) is 16.1. The highest BCUT2D eigenvalue weighted by atomic mass is 32.2. The van der Waals surface area contributed by atoms with Crippen LogP contribution in [0.25, 0.3) is 0 Å². The molecule has 0 atom stereocenters. The molecule has 0 fully saturated rings. The zero-order valence-electron chi connectivity index (χ0n) is 11.9. The van der Waals surface area contributed by atoms with Gasteiger partial charge < -0.3 is 5.32 Å². The fourth-order valence-corrected chi connectivity index (χ4v) is 2.76. The quantitative estimate of drug-likeness (QED) is 0.809. The Hall–Kier alpha value is -1.12. The molecule has 4 nitrogen and oxygen atoms in total. The minimum absolute atomic E-state index is 0.0248. The Morgan fingerprint density at radius 1 is 1.24 bits per heavy atom. The minimum Gasteiger partial charge on any atom is -0.313 e. The van der Waals surface area contributed by atoms with Gasteiger partial charge in [-0.1, -0.05) is 13.0 Å². The first kappa shape index (κ1) is 17.9. The molecule has 0 radical (unpaired) electrons. The summed E-state index contributed by atoms with van der Waals surface area (Å²) in [5.74, 6) is 0. The van der Waals surface area contributed by atoms with Crippen LogP contribution in [0.4, 0.5) is 13.2 Å². The molecule has 0 aliphatic carbocycles. The van der Waals surface area contributed by atoms with E-state index in [1.807, 2.05) is 18.6 Å². The minimum atomic E-state index is -4.38. The molecule has 0 saturated carbocycles. The van der Waals surface area contributed by atoms with Crippen LogP contribution in [-0.4, -0.2) is 27.7 Å². The van der Waals surface area contributed by atoms with Crippen LogP contribution in [0.1, 0.15) is 24.5 Å². The SMILES string of the molecule is CCNCc1cc(S(=O)(=O)NCCC(F)(F)F)ccc1C. The third-order valence-corrected chi connectivity index (χ3v) is 4.36. The van der Waals surface area contributed by atoms with Gasteiger partial charge in [0, 0.05) is 13.1 Å². The lowest BCUT2D eigenvalue weighted by Crippen LogP contribution is -2.28. The van der Waals surface area contributed by atoms with Gasteiger partial charge in [0.1, 0.15) is 0 Å². The second kappa shape index (κ2) is 7.24. The van der Waals surface area contributed by atoms with Gasteiger partial charge in [0.15, 0.2) is 0 Å². The Balaban J connectivity index is 2.83. The average molecular weight is 324 g/mol. The van der Waals surface area contributed by atoms with Gasteiger partial charge in [-0.15, -0.1) is 0 Å². The number of hydrogen-bond donors (Lipinski definition) is 2. The van der Waals surface area contributed by atoms with E-state index in [1.165, 1.54) is 12.1 Å². The number of nitrogens with one attached hydrogen (secondary N) is 2. The average Bonchev–Trinajstić information content (AvgIpc) is 2.35. The van der Waals surface area contributed by atoms with Crippen molar-refractivity contribution in [1.82, 2.24) is 10.0 Å². The Morgan fingerprint density at radius 3 is 2.48 bits per heavy atom.